The van der Waals surface area contributed by atoms with E-state index < -0.39 is 0 Å². The molecule has 0 atom stereocenters. The van der Waals surface area contributed by atoms with Gasteiger partial charge in [0.25, 0.3) is 0 Å². The van der Waals surface area contributed by atoms with Crippen molar-refractivity contribution < 1.29 is 25.6 Å². The van der Waals surface area contributed by atoms with Gasteiger partial charge in [-0.3, -0.25) is 5.41 Å². The average molecular weight is 636 g/mol. The molecule has 0 radical (unpaired) electrons. The van der Waals surface area contributed by atoms with E-state index in [0.29, 0.717) is 30.4 Å². The molecule has 1 saturated carbocycles. The first-order valence-electron chi connectivity index (χ1n) is 15.8. The zero-order chi connectivity index (χ0) is 31.4. The molecule has 1 aliphatic carbocycles. The summed E-state index contributed by atoms with van der Waals surface area (Å²) in [5, 5.41) is 16.5. The van der Waals surface area contributed by atoms with Gasteiger partial charge in [0.15, 0.2) is 0 Å². The molecule has 1 aliphatic heterocycles. The second kappa shape index (κ2) is 18.9. The molecule has 252 valence electrons. The molecule has 5 rings (SSSR count). The number of benzene rings is 3. The van der Waals surface area contributed by atoms with Crippen molar-refractivity contribution in [2.24, 2.45) is 11.7 Å². The topological polar surface area (TPSA) is 192 Å². The van der Waals surface area contributed by atoms with Crippen molar-refractivity contribution in [3.63, 3.8) is 0 Å². The molecule has 10 heteroatoms. The van der Waals surface area contributed by atoms with Gasteiger partial charge in [-0.1, -0.05) is 60.7 Å². The summed E-state index contributed by atoms with van der Waals surface area (Å²) in [4.78, 5) is 17.1. The quantitative estimate of drug-likeness (QED) is 0.155. The predicted molar refractivity (Wildman–Crippen MR) is 185 cm³/mol. The van der Waals surface area contributed by atoms with Crippen molar-refractivity contribution in [1.82, 2.24) is 9.80 Å². The molecular weight excluding hydrogens is 582 g/mol. The van der Waals surface area contributed by atoms with Crippen LogP contribution < -0.4 is 11.5 Å². The maximum atomic E-state index is 12.7. The molecule has 1 amide bonds. The monoisotopic (exact) mass is 635 g/mol. The van der Waals surface area contributed by atoms with Gasteiger partial charge in [0, 0.05) is 30.9 Å². The number of nitrogens with one attached hydrogen (secondary N) is 1. The van der Waals surface area contributed by atoms with E-state index in [1.54, 1.807) is 24.3 Å². The minimum Gasteiger partial charge on any atom is -0.445 e. The fourth-order valence-corrected chi connectivity index (χ4v) is 6.41. The fourth-order valence-electron chi connectivity index (χ4n) is 6.41. The lowest BCUT2D eigenvalue weighted by Crippen LogP contribution is -2.45. The number of hydrogen-bond donors (Lipinski definition) is 4. The van der Waals surface area contributed by atoms with E-state index in [-0.39, 0.29) is 34.3 Å². The molecule has 1 heterocycles. The third-order valence-electron chi connectivity index (χ3n) is 9.43. The van der Waals surface area contributed by atoms with Crippen molar-refractivity contribution in [1.29, 1.82) is 5.41 Å². The van der Waals surface area contributed by atoms with Gasteiger partial charge in [0.1, 0.15) is 12.4 Å². The Morgan fingerprint density at radius 2 is 1.50 bits per heavy atom. The maximum absolute atomic E-state index is 12.7. The Morgan fingerprint density at radius 3 is 2.04 bits per heavy atom. The lowest BCUT2D eigenvalue weighted by molar-refractivity contribution is 0.0719. The number of ether oxygens (including phenoxy) is 1. The minimum absolute atomic E-state index is 0. The minimum atomic E-state index is -0.229. The molecule has 0 spiro atoms. The zero-order valence-corrected chi connectivity index (χ0v) is 27.0. The summed E-state index contributed by atoms with van der Waals surface area (Å²) in [7, 11) is 1.89. The number of nitrogens with zero attached hydrogens (tertiary/aromatic N) is 2. The Labute approximate surface area is 273 Å². The van der Waals surface area contributed by atoms with Gasteiger partial charge in [0.2, 0.25) is 0 Å². The number of amidine groups is 1. The molecule has 0 aromatic heterocycles. The largest absolute Gasteiger partial charge is 0.445 e. The summed E-state index contributed by atoms with van der Waals surface area (Å²) in [5.74, 6) is 0.548. The third-order valence-corrected chi connectivity index (χ3v) is 9.43. The van der Waals surface area contributed by atoms with Gasteiger partial charge in [-0.05, 0) is 111 Å². The summed E-state index contributed by atoms with van der Waals surface area (Å²) in [6.07, 6.45) is 7.30. The van der Waals surface area contributed by atoms with Gasteiger partial charge in [0.05, 0.1) is 0 Å². The number of aliphatic hydroxyl groups excluding tert-OH is 1. The van der Waals surface area contributed by atoms with Crippen LogP contribution in [0.5, 0.6) is 0 Å². The first-order chi connectivity index (χ1) is 21.3. The number of aliphatic hydroxyl groups is 1. The summed E-state index contributed by atoms with van der Waals surface area (Å²) >= 11 is 0. The van der Waals surface area contributed by atoms with Crippen LogP contribution in [0.1, 0.15) is 61.6 Å². The maximum Gasteiger partial charge on any atom is 0.410 e. The molecule has 10 N–H and O–H groups in total. The van der Waals surface area contributed by atoms with E-state index in [9.17, 15) is 9.90 Å². The molecule has 46 heavy (non-hydrogen) atoms. The highest BCUT2D eigenvalue weighted by Crippen LogP contribution is 2.43. The van der Waals surface area contributed by atoms with Crippen LogP contribution in [0.4, 0.5) is 10.5 Å². The Hall–Kier alpha value is -3.96. The number of carbonyl (C=O) groups is 1. The highest BCUT2D eigenvalue weighted by atomic mass is 16.6. The number of amides is 1. The van der Waals surface area contributed by atoms with E-state index >= 15 is 0 Å². The normalized spacial score (nSPS) is 19.7. The number of piperidine rings is 1. The van der Waals surface area contributed by atoms with Crippen molar-refractivity contribution in [3.8, 4) is 0 Å². The predicted octanol–water partition coefficient (Wildman–Crippen LogP) is 4.13. The molecule has 2 aliphatic rings. The van der Waals surface area contributed by atoms with E-state index in [4.69, 9.17) is 21.6 Å². The fraction of sp³-hybridized carbons (Fsp3) is 0.444. The summed E-state index contributed by atoms with van der Waals surface area (Å²) < 4.78 is 5.59. The summed E-state index contributed by atoms with van der Waals surface area (Å²) in [5.41, 5.74) is 14.6. The van der Waals surface area contributed by atoms with Gasteiger partial charge >= 0.3 is 6.09 Å². The lowest BCUT2D eigenvalue weighted by atomic mass is 9.66. The summed E-state index contributed by atoms with van der Waals surface area (Å²) in [6, 6.07) is 27.9. The highest BCUT2D eigenvalue weighted by Gasteiger charge is 2.39. The lowest BCUT2D eigenvalue weighted by Gasteiger charge is -2.44. The number of anilines is 1. The smallest absolute Gasteiger partial charge is 0.410 e. The van der Waals surface area contributed by atoms with Crippen LogP contribution >= 0.6 is 0 Å². The third kappa shape index (κ3) is 10.8. The Bertz CT molecular complexity index is 1290. The molecule has 0 unspecified atom stereocenters. The number of carbonyl (C=O) groups excluding carboxylic acids is 1. The van der Waals surface area contributed by atoms with Crippen LogP contribution in [0, 0.1) is 11.3 Å². The van der Waals surface area contributed by atoms with Crippen LogP contribution in [0.25, 0.3) is 0 Å². The van der Waals surface area contributed by atoms with Gasteiger partial charge in [-0.2, -0.15) is 0 Å². The van der Waals surface area contributed by atoms with Gasteiger partial charge in [-0.15, -0.1) is 0 Å². The zero-order valence-electron chi connectivity index (χ0n) is 27.0. The molecule has 3 aromatic carbocycles. The molecule has 10 nitrogen and oxygen atoms in total. The first-order valence-corrected chi connectivity index (χ1v) is 15.8. The molecule has 3 aromatic rings. The average Bonchev–Trinajstić information content (AvgIpc) is 3.08. The summed E-state index contributed by atoms with van der Waals surface area (Å²) in [6.45, 7) is 3.93. The van der Waals surface area contributed by atoms with E-state index in [1.807, 2.05) is 42.3 Å². The van der Waals surface area contributed by atoms with Crippen LogP contribution in [-0.4, -0.2) is 77.1 Å². The second-order valence-corrected chi connectivity index (χ2v) is 12.3. The van der Waals surface area contributed by atoms with Gasteiger partial charge < -0.3 is 42.1 Å². The van der Waals surface area contributed by atoms with Crippen molar-refractivity contribution in [2.45, 2.75) is 63.0 Å². The SMILES string of the molecule is CN(C(=O)OCc1ccccc1)C1CCC(CCN2CCC(CO)CC2)(c2ccccc2)CC1.N=C(N)c1ccc(N)cc1.O.O. The van der Waals surface area contributed by atoms with Crippen LogP contribution in [0.3, 0.4) is 0 Å². The van der Waals surface area contributed by atoms with E-state index in [2.05, 4.69) is 35.2 Å². The molecule has 0 bridgehead atoms. The van der Waals surface area contributed by atoms with Gasteiger partial charge in [-0.25, -0.2) is 4.79 Å². The van der Waals surface area contributed by atoms with E-state index in [0.717, 1.165) is 70.1 Å². The van der Waals surface area contributed by atoms with Crippen molar-refractivity contribution >= 4 is 17.6 Å². The Morgan fingerprint density at radius 1 is 0.935 bits per heavy atom. The highest BCUT2D eigenvalue weighted by molar-refractivity contribution is 5.95. The number of nitrogens with two attached hydrogens (primary N) is 2. The van der Waals surface area contributed by atoms with Crippen molar-refractivity contribution in [3.05, 3.63) is 102 Å². The standard InChI is InChI=1S/C29H40N2O3.C7H9N3.2H2O/c1-30(28(33)34-23-25-8-4-2-5-9-25)27-12-16-29(17-13-27,26-10-6-3-7-11-26)18-21-31-19-14-24(22-32)15-20-31;8-6-3-1-5(2-4-6)7(9)10;;/h2-11,24,27,32H,12-23H2,1H3;1-4H,8H2,(H3,9,10);2*1H2. The molecule has 2 fully saturated rings. The van der Waals surface area contributed by atoms with E-state index in [1.165, 1.54) is 5.56 Å². The van der Waals surface area contributed by atoms with Crippen LogP contribution in [0.15, 0.2) is 84.9 Å². The Balaban J connectivity index is 0.000000527. The number of likely N-dealkylation sites (tertiary alicyclic amines) is 1. The first kappa shape index (κ1) is 38.2. The molecule has 1 saturated heterocycles. The second-order valence-electron chi connectivity index (χ2n) is 12.3. The number of hydrogen-bond acceptors (Lipinski definition) is 6. The van der Waals surface area contributed by atoms with Crippen LogP contribution in [0.2, 0.25) is 0 Å². The van der Waals surface area contributed by atoms with Crippen LogP contribution in [-0.2, 0) is 16.8 Å². The Kier molecular flexibility index (Phi) is 15.7. The number of nitrogen functional groups attached to an aromatic ring is 2. The number of rotatable bonds is 9. The van der Waals surface area contributed by atoms with Crippen molar-refractivity contribution in [2.75, 3.05) is 39.0 Å². The molecular formula is C36H53N5O5.